The molecule has 1 atom stereocenters. The first-order valence-corrected chi connectivity index (χ1v) is 8.42. The lowest BCUT2D eigenvalue weighted by Gasteiger charge is -2.30. The Morgan fingerprint density at radius 2 is 1.62 bits per heavy atom. The second-order valence-electron chi connectivity index (χ2n) is 6.27. The summed E-state index contributed by atoms with van der Waals surface area (Å²) < 4.78 is 5.29. The van der Waals surface area contributed by atoms with Gasteiger partial charge in [-0.2, -0.15) is 0 Å². The van der Waals surface area contributed by atoms with E-state index in [-0.39, 0.29) is 11.5 Å². The van der Waals surface area contributed by atoms with Gasteiger partial charge in [0.1, 0.15) is 0 Å². The molecule has 26 heavy (non-hydrogen) atoms. The molecule has 6 heteroatoms. The van der Waals surface area contributed by atoms with Crippen LogP contribution in [-0.2, 0) is 22.5 Å². The third-order valence-electron chi connectivity index (χ3n) is 4.48. The van der Waals surface area contributed by atoms with Crippen molar-refractivity contribution < 1.29 is 19.1 Å². The molecule has 0 bridgehead atoms. The van der Waals surface area contributed by atoms with Gasteiger partial charge in [-0.15, -0.1) is 0 Å². The summed E-state index contributed by atoms with van der Waals surface area (Å²) in [6, 6.07) is 13.8. The maximum absolute atomic E-state index is 12.6. The zero-order chi connectivity index (χ0) is 18.7. The molecule has 0 aromatic heterocycles. The maximum Gasteiger partial charge on any atom is 0.338 e. The first kappa shape index (κ1) is 17.7. The van der Waals surface area contributed by atoms with Gasteiger partial charge >= 0.3 is 5.97 Å². The zero-order valence-electron chi connectivity index (χ0n) is 14.5. The molecule has 1 heterocycles. The summed E-state index contributed by atoms with van der Waals surface area (Å²) >= 11 is 0. The summed E-state index contributed by atoms with van der Waals surface area (Å²) in [7, 11) is 0. The Kier molecular flexibility index (Phi) is 5.02. The Hall–Kier alpha value is -3.15. The Balaban J connectivity index is 1.62. The van der Waals surface area contributed by atoms with Gasteiger partial charge in [-0.3, -0.25) is 9.59 Å². The fourth-order valence-electron chi connectivity index (χ4n) is 2.99. The second kappa shape index (κ2) is 7.39. The quantitative estimate of drug-likeness (QED) is 0.851. The normalized spacial score (nSPS) is 14.3. The van der Waals surface area contributed by atoms with E-state index in [1.807, 2.05) is 18.2 Å². The molecule has 0 saturated carbocycles. The third kappa shape index (κ3) is 3.74. The molecule has 2 aromatic carbocycles. The summed E-state index contributed by atoms with van der Waals surface area (Å²) in [5, 5.41) is 0. The van der Waals surface area contributed by atoms with Crippen molar-refractivity contribution in [3.63, 3.8) is 0 Å². The van der Waals surface area contributed by atoms with Gasteiger partial charge in [0, 0.05) is 18.7 Å². The van der Waals surface area contributed by atoms with Gasteiger partial charge in [0.25, 0.3) is 5.91 Å². The smallest absolute Gasteiger partial charge is 0.338 e. The van der Waals surface area contributed by atoms with E-state index in [0.29, 0.717) is 18.7 Å². The molecule has 0 radical (unpaired) electrons. The summed E-state index contributed by atoms with van der Waals surface area (Å²) in [6.07, 6.45) is -0.0967. The van der Waals surface area contributed by atoms with Crippen molar-refractivity contribution in [2.24, 2.45) is 5.73 Å². The Bertz CT molecular complexity index is 845. The van der Waals surface area contributed by atoms with Crippen LogP contribution in [0.5, 0.6) is 0 Å². The van der Waals surface area contributed by atoms with Crippen LogP contribution in [0.2, 0.25) is 0 Å². The standard InChI is InChI=1S/C20H20N2O4/c1-13(26-20(25)16-8-6-15(7-9-16)18(21)23)19(24)22-11-10-14-4-2-3-5-17(14)12-22/h2-9,13H,10-12H2,1H3,(H2,21,23)/t13-/m1/s1. The number of nitrogens with zero attached hydrogens (tertiary/aromatic N) is 1. The molecule has 0 saturated heterocycles. The molecule has 2 amide bonds. The van der Waals surface area contributed by atoms with Gasteiger partial charge in [0.2, 0.25) is 5.91 Å². The van der Waals surface area contributed by atoms with E-state index >= 15 is 0 Å². The lowest BCUT2D eigenvalue weighted by atomic mass is 9.99. The van der Waals surface area contributed by atoms with Crippen molar-refractivity contribution in [1.29, 1.82) is 0 Å². The molecule has 2 aromatic rings. The minimum atomic E-state index is -0.886. The van der Waals surface area contributed by atoms with E-state index < -0.39 is 18.0 Å². The van der Waals surface area contributed by atoms with E-state index in [4.69, 9.17) is 10.5 Å². The SMILES string of the molecule is C[C@@H](OC(=O)c1ccc(C(N)=O)cc1)C(=O)N1CCc2ccccc2C1. The molecule has 1 aliphatic heterocycles. The van der Waals surface area contributed by atoms with Crippen molar-refractivity contribution in [2.45, 2.75) is 26.0 Å². The molecule has 0 aliphatic carbocycles. The second-order valence-corrected chi connectivity index (χ2v) is 6.27. The lowest BCUT2D eigenvalue weighted by molar-refractivity contribution is -0.140. The fourth-order valence-corrected chi connectivity index (χ4v) is 2.99. The molecule has 6 nitrogen and oxygen atoms in total. The summed E-state index contributed by atoms with van der Waals surface area (Å²) in [6.45, 7) is 2.69. The minimum Gasteiger partial charge on any atom is -0.449 e. The summed E-state index contributed by atoms with van der Waals surface area (Å²) in [5.41, 5.74) is 8.10. The van der Waals surface area contributed by atoms with Gasteiger partial charge in [-0.05, 0) is 48.7 Å². The van der Waals surface area contributed by atoms with Crippen LogP contribution in [0.1, 0.15) is 38.8 Å². The molecule has 2 N–H and O–H groups in total. The van der Waals surface area contributed by atoms with Gasteiger partial charge < -0.3 is 15.4 Å². The topological polar surface area (TPSA) is 89.7 Å². The molecule has 0 spiro atoms. The van der Waals surface area contributed by atoms with Crippen molar-refractivity contribution in [3.05, 3.63) is 70.8 Å². The minimum absolute atomic E-state index is 0.221. The van der Waals surface area contributed by atoms with Crippen LogP contribution < -0.4 is 5.73 Å². The molecular weight excluding hydrogens is 332 g/mol. The van der Waals surface area contributed by atoms with Gasteiger partial charge in [-0.25, -0.2) is 4.79 Å². The monoisotopic (exact) mass is 352 g/mol. The van der Waals surface area contributed by atoms with Gasteiger partial charge in [-0.1, -0.05) is 24.3 Å². The van der Waals surface area contributed by atoms with Crippen molar-refractivity contribution in [3.8, 4) is 0 Å². The summed E-state index contributed by atoms with van der Waals surface area (Å²) in [4.78, 5) is 37.6. The van der Waals surface area contributed by atoms with Crippen LogP contribution in [-0.4, -0.2) is 35.3 Å². The fraction of sp³-hybridized carbons (Fsp3) is 0.250. The largest absolute Gasteiger partial charge is 0.449 e. The first-order valence-electron chi connectivity index (χ1n) is 8.42. The Morgan fingerprint density at radius 1 is 1.00 bits per heavy atom. The highest BCUT2D eigenvalue weighted by atomic mass is 16.5. The third-order valence-corrected chi connectivity index (χ3v) is 4.48. The first-order chi connectivity index (χ1) is 12.5. The maximum atomic E-state index is 12.6. The average Bonchev–Trinajstić information content (AvgIpc) is 2.67. The van der Waals surface area contributed by atoms with E-state index in [1.54, 1.807) is 11.8 Å². The number of esters is 1. The molecule has 134 valence electrons. The number of fused-ring (bicyclic) bond motifs is 1. The molecule has 3 rings (SSSR count). The molecule has 0 fully saturated rings. The van der Waals surface area contributed by atoms with Crippen LogP contribution in [0.4, 0.5) is 0 Å². The number of benzene rings is 2. The van der Waals surface area contributed by atoms with E-state index in [2.05, 4.69) is 6.07 Å². The van der Waals surface area contributed by atoms with Gasteiger partial charge in [0.05, 0.1) is 5.56 Å². The number of rotatable bonds is 4. The highest BCUT2D eigenvalue weighted by molar-refractivity contribution is 5.96. The van der Waals surface area contributed by atoms with Crippen LogP contribution in [0.3, 0.4) is 0 Å². The van der Waals surface area contributed by atoms with Crippen LogP contribution >= 0.6 is 0 Å². The van der Waals surface area contributed by atoms with Crippen LogP contribution in [0.15, 0.2) is 48.5 Å². The van der Waals surface area contributed by atoms with Crippen molar-refractivity contribution >= 4 is 17.8 Å². The molecule has 1 aliphatic rings. The number of hydrogen-bond acceptors (Lipinski definition) is 4. The predicted octanol–water partition coefficient (Wildman–Crippen LogP) is 1.92. The van der Waals surface area contributed by atoms with E-state index in [9.17, 15) is 14.4 Å². The van der Waals surface area contributed by atoms with Crippen LogP contribution in [0, 0.1) is 0 Å². The number of primary amides is 1. The van der Waals surface area contributed by atoms with Crippen LogP contribution in [0.25, 0.3) is 0 Å². The number of carbonyl (C=O) groups excluding carboxylic acids is 3. The molecule has 0 unspecified atom stereocenters. The van der Waals surface area contributed by atoms with Gasteiger partial charge in [0.15, 0.2) is 6.10 Å². The zero-order valence-corrected chi connectivity index (χ0v) is 14.5. The van der Waals surface area contributed by atoms with Crippen molar-refractivity contribution in [1.82, 2.24) is 4.90 Å². The number of amides is 2. The highest BCUT2D eigenvalue weighted by Crippen LogP contribution is 2.19. The number of ether oxygens (including phenoxy) is 1. The number of hydrogen-bond donors (Lipinski definition) is 1. The Morgan fingerprint density at radius 3 is 2.27 bits per heavy atom. The van der Waals surface area contributed by atoms with E-state index in [0.717, 1.165) is 12.0 Å². The number of carbonyl (C=O) groups is 3. The lowest BCUT2D eigenvalue weighted by Crippen LogP contribution is -2.42. The van der Waals surface area contributed by atoms with E-state index in [1.165, 1.54) is 29.8 Å². The predicted molar refractivity (Wildman–Crippen MR) is 95.4 cm³/mol. The highest BCUT2D eigenvalue weighted by Gasteiger charge is 2.27. The Labute approximate surface area is 151 Å². The van der Waals surface area contributed by atoms with Crippen molar-refractivity contribution in [2.75, 3.05) is 6.54 Å². The molecular formula is C20H20N2O4. The average molecular weight is 352 g/mol. The number of nitrogens with two attached hydrogens (primary N) is 1. The summed E-state index contributed by atoms with van der Waals surface area (Å²) in [5.74, 6) is -1.40.